The molecule has 3 fully saturated rings. The molecule has 2 saturated heterocycles. The van der Waals surface area contributed by atoms with Crippen LogP contribution >= 0.6 is 0 Å². The predicted molar refractivity (Wildman–Crippen MR) is 146 cm³/mol. The molecule has 2 N–H and O–H groups in total. The standard InChI is InChI=1S/C32H38N2O3/c1-19-10-5-8-15-27(35)32-24(13-9-11-20(2)16-19)29-31(4,37-29)21(3)28(32)26(34-30(32)36)17-22-18-33-25-14-7-6-12-23(22)25/h6-9,12-16,18,20-21,24,26,28-29,33H,5,10-11,17H2,1-4H3,(H,34,36)/b13-9+,15-8+,19-16+/t20-,21-,24-,26-,28-,29-,31+,32+/m0/s1/i3+1,5+1,8+1,9+1,10+1,11+1,13+1,15+1,16+1,19+1,20+1,21+1,24+1,27+1,29+1,30+1,31+1,32+1. The summed E-state index contributed by atoms with van der Waals surface area (Å²) in [6, 6.07) is 8.12. The molecule has 0 bridgehead atoms. The maximum absolute atomic E-state index is 14.2. The first-order valence-corrected chi connectivity index (χ1v) is 13.9. The summed E-state index contributed by atoms with van der Waals surface area (Å²) in [4.78, 5) is 31.7. The van der Waals surface area contributed by atoms with Crippen molar-refractivity contribution in [3.8, 4) is 0 Å². The molecule has 0 radical (unpaired) electrons. The normalized spacial score (nSPS) is 42.6. The number of benzene rings is 1. The molecule has 2 aromatic rings. The van der Waals surface area contributed by atoms with Crippen LogP contribution in [0.25, 0.3) is 10.9 Å². The van der Waals surface area contributed by atoms with Gasteiger partial charge in [-0.15, -0.1) is 0 Å². The van der Waals surface area contributed by atoms with Crippen molar-refractivity contribution in [2.24, 2.45) is 29.1 Å². The van der Waals surface area contributed by atoms with Crippen LogP contribution < -0.4 is 5.32 Å². The van der Waals surface area contributed by atoms with E-state index in [1.165, 1.54) is 16.5 Å². The zero-order chi connectivity index (χ0) is 25.9. The molecule has 1 amide bonds. The monoisotopic (exact) mass is 516 g/mol. The topological polar surface area (TPSA) is 74.5 Å². The number of rotatable bonds is 2. The first-order chi connectivity index (χ1) is 17.8. The van der Waals surface area contributed by atoms with Crippen LogP contribution in [-0.2, 0) is 20.7 Å². The van der Waals surface area contributed by atoms with Gasteiger partial charge in [0, 0.05) is 35.0 Å². The first kappa shape index (κ1) is 24.4. The number of epoxide rings is 1. The molecule has 1 aromatic carbocycles. The fourth-order valence-electron chi connectivity index (χ4n) is 7.72. The molecule has 5 nitrogen and oxygen atoms in total. The van der Waals surface area contributed by atoms with Gasteiger partial charge in [-0.05, 0) is 69.1 Å². The zero-order valence-electron chi connectivity index (χ0n) is 22.3. The molecule has 37 heavy (non-hydrogen) atoms. The van der Waals surface area contributed by atoms with Crippen molar-refractivity contribution in [1.29, 1.82) is 0 Å². The van der Waals surface area contributed by atoms with Crippen molar-refractivity contribution in [3.63, 3.8) is 0 Å². The lowest BCUT2D eigenvalue weighted by Gasteiger charge is -2.45. The van der Waals surface area contributed by atoms with Crippen LogP contribution in [-0.4, -0.2) is 34.4 Å². The Morgan fingerprint density at radius 1 is 1.14 bits per heavy atom. The number of hydrogen-bond donors (Lipinski definition) is 2. The second kappa shape index (κ2) is 8.83. The molecule has 3 heterocycles. The minimum atomic E-state index is -1.15. The molecule has 8 atom stereocenters. The number of amides is 1. The third-order valence-corrected chi connectivity index (χ3v) is 9.75. The molecule has 2 aliphatic carbocycles. The zero-order valence-corrected chi connectivity index (χ0v) is 22.3. The number of aromatic amines is 1. The lowest BCUT2D eigenvalue weighted by Crippen LogP contribution is -2.57. The minimum absolute atomic E-state index is 0.0622. The average molecular weight is 517 g/mol. The van der Waals surface area contributed by atoms with Crippen molar-refractivity contribution in [3.05, 3.63) is 72.0 Å². The summed E-state index contributed by atoms with van der Waals surface area (Å²) in [5.41, 5.74) is 2.13. The van der Waals surface area contributed by atoms with E-state index < -0.39 is 5.41 Å². The van der Waals surface area contributed by atoms with Gasteiger partial charge in [0.2, 0.25) is 5.91 Å². The van der Waals surface area contributed by atoms with E-state index in [0.717, 1.165) is 24.8 Å². The number of hydrogen-bond acceptors (Lipinski definition) is 3. The van der Waals surface area contributed by atoms with Gasteiger partial charge >= 0.3 is 0 Å². The molecule has 1 saturated carbocycles. The van der Waals surface area contributed by atoms with Crippen LogP contribution in [0.4, 0.5) is 0 Å². The van der Waals surface area contributed by atoms with E-state index in [9.17, 15) is 9.59 Å². The number of fused-ring (bicyclic) bond motifs is 3. The fourth-order valence-corrected chi connectivity index (χ4v) is 7.72. The Labute approximate surface area is 219 Å². The number of nitrogens with one attached hydrogen (secondary N) is 2. The first-order valence-electron chi connectivity index (χ1n) is 13.9. The highest BCUT2D eigenvalue weighted by Gasteiger charge is 2.78. The molecule has 6 rings (SSSR count). The van der Waals surface area contributed by atoms with E-state index in [-0.39, 0.29) is 47.2 Å². The van der Waals surface area contributed by atoms with Crippen LogP contribution in [0, 0.1) is 29.1 Å². The summed E-state index contributed by atoms with van der Waals surface area (Å²) in [6.07, 6.45) is 15.6. The Morgan fingerprint density at radius 2 is 1.95 bits per heavy atom. The number of allylic oxidation sites excluding steroid dienone is 5. The van der Waals surface area contributed by atoms with E-state index in [1.54, 1.807) is 6.08 Å². The van der Waals surface area contributed by atoms with E-state index in [4.69, 9.17) is 4.74 Å². The van der Waals surface area contributed by atoms with E-state index in [2.05, 4.69) is 68.4 Å². The Balaban J connectivity index is 1.44. The third kappa shape index (κ3) is 3.69. The molecule has 1 aromatic heterocycles. The lowest BCUT2D eigenvalue weighted by atomic mass is 9.98. The Morgan fingerprint density at radius 3 is 2.78 bits per heavy atom. The molecule has 2 aliphatic heterocycles. The van der Waals surface area contributed by atoms with Crippen LogP contribution in [0.5, 0.6) is 0 Å². The second-order valence-electron chi connectivity index (χ2n) is 12.0. The lowest BCUT2D eigenvalue weighted by molar-refractivity contribution is -0.145. The maximum Gasteiger partial charge on any atom is 0.235 e. The number of ether oxygens (including phenoxy) is 1. The van der Waals surface area contributed by atoms with Gasteiger partial charge in [-0.25, -0.2) is 0 Å². The number of carbonyl (C=O) groups is 2. The summed E-state index contributed by atoms with van der Waals surface area (Å²) in [5, 5.41) is 4.51. The van der Waals surface area contributed by atoms with Crippen molar-refractivity contribution in [2.75, 3.05) is 0 Å². The fraction of sp³-hybridized carbons (Fsp3) is 0.500. The molecule has 1 spiro atoms. The summed E-state index contributed by atoms with van der Waals surface area (Å²) >= 11 is 0. The summed E-state index contributed by atoms with van der Waals surface area (Å²) in [6.45, 7) is 8.74. The van der Waals surface area contributed by atoms with Gasteiger partial charge < -0.3 is 15.0 Å². The van der Waals surface area contributed by atoms with Crippen molar-refractivity contribution in [1.82, 2.24) is 10.3 Å². The van der Waals surface area contributed by atoms with E-state index in [1.807, 2.05) is 24.4 Å². The van der Waals surface area contributed by atoms with Gasteiger partial charge in [0.05, 0.1) is 11.7 Å². The van der Waals surface area contributed by atoms with Crippen molar-refractivity contribution < 1.29 is 14.3 Å². The van der Waals surface area contributed by atoms with Crippen LogP contribution in [0.3, 0.4) is 0 Å². The molecule has 0 unspecified atom stereocenters. The molecular weight excluding hydrogens is 478 g/mol. The largest absolute Gasteiger partial charge is 0.365 e. The predicted octanol–water partition coefficient (Wildman–Crippen LogP) is 5.68. The Hall–Kier alpha value is -2.92. The summed E-state index contributed by atoms with van der Waals surface area (Å²) < 4.78 is 6.40. The maximum atomic E-state index is 14.2. The third-order valence-electron chi connectivity index (χ3n) is 9.75. The van der Waals surface area contributed by atoms with Crippen molar-refractivity contribution in [2.45, 2.75) is 71.1 Å². The van der Waals surface area contributed by atoms with Gasteiger partial charge in [0.15, 0.2) is 5.78 Å². The van der Waals surface area contributed by atoms with Crippen molar-refractivity contribution >= 4 is 22.6 Å². The molecule has 194 valence electrons. The number of para-hydroxylation sites is 1. The minimum Gasteiger partial charge on any atom is -0.365 e. The van der Waals surface area contributed by atoms with Crippen LogP contribution in [0.1, 0.15) is 52.5 Å². The highest BCUT2D eigenvalue weighted by atomic mass is 16.8. The number of ketones is 1. The van der Waals surface area contributed by atoms with Gasteiger partial charge in [0.1, 0.15) is 5.41 Å². The van der Waals surface area contributed by atoms with Gasteiger partial charge in [-0.1, -0.05) is 61.9 Å². The smallest absolute Gasteiger partial charge is 0.235 e. The van der Waals surface area contributed by atoms with Gasteiger partial charge in [-0.3, -0.25) is 9.59 Å². The number of H-pyrrole nitrogens is 1. The van der Waals surface area contributed by atoms with E-state index in [0.29, 0.717) is 12.3 Å². The number of carbonyl (C=O) groups excluding carboxylic acids is 2. The summed E-state index contributed by atoms with van der Waals surface area (Å²) in [5.74, 6) is -0.164. The van der Waals surface area contributed by atoms with Gasteiger partial charge in [-0.2, -0.15) is 0 Å². The highest BCUT2D eigenvalue weighted by molar-refractivity contribution is 6.13. The SMILES string of the molecule is C/[13C]1=[13CH]\[13C@@H](C)[13CH2]/[13CH]=[13CH]/[13C@H]2[13C@@H]3O[13C@]3(C)[13C@@H]([13CH3])[C@H]3[C@H](Cc4c[nH]c5ccccc45)N[13C](=O)[13C@]32[13C](=O)/[13CH]=[13CH]/[13CH2][13CH2]1. The quantitative estimate of drug-likeness (QED) is 0.233. The average Bonchev–Trinajstić information content (AvgIpc) is 3.27. The second-order valence-corrected chi connectivity index (χ2v) is 12.0. The van der Waals surface area contributed by atoms with Crippen LogP contribution in [0.2, 0.25) is 0 Å². The number of aromatic nitrogens is 1. The molecular formula is C32H38N2O3. The van der Waals surface area contributed by atoms with Gasteiger partial charge in [0.25, 0.3) is 0 Å². The highest BCUT2D eigenvalue weighted by Crippen LogP contribution is 2.66. The Kier molecular flexibility index (Phi) is 5.83. The molecule has 4 aliphatic rings. The Bertz CT molecular complexity index is 1330. The van der Waals surface area contributed by atoms with E-state index >= 15 is 0 Å². The molecule has 5 heteroatoms. The summed E-state index contributed by atoms with van der Waals surface area (Å²) in [7, 11) is 0. The van der Waals surface area contributed by atoms with Crippen LogP contribution in [0.15, 0.2) is 66.4 Å².